The van der Waals surface area contributed by atoms with Crippen molar-refractivity contribution in [1.82, 2.24) is 5.32 Å². The first-order valence-corrected chi connectivity index (χ1v) is 7.49. The number of hydrogen-bond donors (Lipinski definition) is 1. The second-order valence-corrected chi connectivity index (χ2v) is 4.83. The summed E-state index contributed by atoms with van der Waals surface area (Å²) in [6, 6.07) is 13.4. The van der Waals surface area contributed by atoms with Gasteiger partial charge < -0.3 is 24.3 Å². The molecule has 0 aliphatic carbocycles. The zero-order chi connectivity index (χ0) is 16.5. The zero-order valence-electron chi connectivity index (χ0n) is 13.8. The van der Waals surface area contributed by atoms with Crippen molar-refractivity contribution >= 4 is 0 Å². The Balaban J connectivity index is 1.96. The van der Waals surface area contributed by atoms with Gasteiger partial charge in [-0.1, -0.05) is 24.3 Å². The van der Waals surface area contributed by atoms with Gasteiger partial charge in [-0.3, -0.25) is 0 Å². The standard InChI is InChI=1S/C18H23NO4/c1-19-13-14-7-6-10-17(21-3)18(14)23-12-11-22-16-9-5-4-8-15(16)20-2/h4-10,19H,11-13H2,1-3H3. The third-order valence-electron chi connectivity index (χ3n) is 3.30. The van der Waals surface area contributed by atoms with Gasteiger partial charge in [0.2, 0.25) is 0 Å². The molecule has 0 aliphatic rings. The Morgan fingerprint density at radius 1 is 0.783 bits per heavy atom. The quantitative estimate of drug-likeness (QED) is 0.721. The Hall–Kier alpha value is -2.40. The molecule has 0 spiro atoms. The van der Waals surface area contributed by atoms with E-state index in [9.17, 15) is 0 Å². The molecule has 0 saturated carbocycles. The third kappa shape index (κ3) is 4.53. The fourth-order valence-corrected chi connectivity index (χ4v) is 2.25. The largest absolute Gasteiger partial charge is 0.493 e. The van der Waals surface area contributed by atoms with E-state index in [4.69, 9.17) is 18.9 Å². The molecule has 2 rings (SSSR count). The number of hydrogen-bond acceptors (Lipinski definition) is 5. The molecule has 0 fully saturated rings. The number of ether oxygens (including phenoxy) is 4. The number of nitrogens with one attached hydrogen (secondary N) is 1. The summed E-state index contributed by atoms with van der Waals surface area (Å²) in [5.74, 6) is 2.87. The third-order valence-corrected chi connectivity index (χ3v) is 3.30. The molecule has 0 heterocycles. The summed E-state index contributed by atoms with van der Waals surface area (Å²) in [6.45, 7) is 1.53. The number of rotatable bonds is 9. The summed E-state index contributed by atoms with van der Waals surface area (Å²) in [5, 5.41) is 3.12. The predicted octanol–water partition coefficient (Wildman–Crippen LogP) is 2.88. The van der Waals surface area contributed by atoms with Gasteiger partial charge >= 0.3 is 0 Å². The van der Waals surface area contributed by atoms with Gasteiger partial charge in [0.15, 0.2) is 23.0 Å². The van der Waals surface area contributed by atoms with E-state index in [1.165, 1.54) is 0 Å². The SMILES string of the molecule is CNCc1cccc(OC)c1OCCOc1ccccc1OC. The van der Waals surface area contributed by atoms with Crippen LogP contribution in [0.5, 0.6) is 23.0 Å². The van der Waals surface area contributed by atoms with E-state index < -0.39 is 0 Å². The molecule has 1 N–H and O–H groups in total. The van der Waals surface area contributed by atoms with Crippen molar-refractivity contribution in [3.8, 4) is 23.0 Å². The van der Waals surface area contributed by atoms with E-state index in [-0.39, 0.29) is 0 Å². The average molecular weight is 317 g/mol. The molecule has 0 bridgehead atoms. The van der Waals surface area contributed by atoms with Crippen LogP contribution in [-0.4, -0.2) is 34.5 Å². The molecule has 23 heavy (non-hydrogen) atoms. The second kappa shape index (κ2) is 8.90. The second-order valence-electron chi connectivity index (χ2n) is 4.83. The first-order valence-electron chi connectivity index (χ1n) is 7.49. The molecule has 0 atom stereocenters. The van der Waals surface area contributed by atoms with Gasteiger partial charge in [-0.15, -0.1) is 0 Å². The lowest BCUT2D eigenvalue weighted by Gasteiger charge is -2.15. The van der Waals surface area contributed by atoms with E-state index >= 15 is 0 Å². The van der Waals surface area contributed by atoms with E-state index in [1.54, 1.807) is 14.2 Å². The van der Waals surface area contributed by atoms with E-state index in [0.29, 0.717) is 31.3 Å². The minimum Gasteiger partial charge on any atom is -0.493 e. The van der Waals surface area contributed by atoms with Crippen molar-refractivity contribution in [2.45, 2.75) is 6.54 Å². The van der Waals surface area contributed by atoms with Crippen molar-refractivity contribution in [3.05, 3.63) is 48.0 Å². The van der Waals surface area contributed by atoms with Crippen molar-refractivity contribution in [3.63, 3.8) is 0 Å². The van der Waals surface area contributed by atoms with Gasteiger partial charge in [-0.25, -0.2) is 0 Å². The van der Waals surface area contributed by atoms with Gasteiger partial charge in [0.25, 0.3) is 0 Å². The van der Waals surface area contributed by atoms with Gasteiger partial charge in [0.05, 0.1) is 14.2 Å². The van der Waals surface area contributed by atoms with Crippen molar-refractivity contribution in [2.75, 3.05) is 34.5 Å². The van der Waals surface area contributed by atoms with Crippen LogP contribution in [0.25, 0.3) is 0 Å². The summed E-state index contributed by atoms with van der Waals surface area (Å²) in [4.78, 5) is 0. The van der Waals surface area contributed by atoms with Crippen LogP contribution in [0.1, 0.15) is 5.56 Å². The highest BCUT2D eigenvalue weighted by molar-refractivity contribution is 5.46. The van der Waals surface area contributed by atoms with Crippen LogP contribution in [0.3, 0.4) is 0 Å². The van der Waals surface area contributed by atoms with Gasteiger partial charge in [0, 0.05) is 12.1 Å². The van der Waals surface area contributed by atoms with Crippen LogP contribution in [0, 0.1) is 0 Å². The molecule has 0 amide bonds. The summed E-state index contributed by atoms with van der Waals surface area (Å²) in [7, 11) is 5.16. The molecule has 2 aromatic carbocycles. The lowest BCUT2D eigenvalue weighted by Crippen LogP contribution is -2.13. The molecule has 0 aromatic heterocycles. The summed E-state index contributed by atoms with van der Waals surface area (Å²) >= 11 is 0. The van der Waals surface area contributed by atoms with Crippen LogP contribution in [0.15, 0.2) is 42.5 Å². The van der Waals surface area contributed by atoms with Gasteiger partial charge in [-0.05, 0) is 25.2 Å². The van der Waals surface area contributed by atoms with Crippen LogP contribution < -0.4 is 24.3 Å². The van der Waals surface area contributed by atoms with Crippen LogP contribution in [0.4, 0.5) is 0 Å². The molecule has 0 radical (unpaired) electrons. The van der Waals surface area contributed by atoms with Gasteiger partial charge in [0.1, 0.15) is 13.2 Å². The lowest BCUT2D eigenvalue weighted by atomic mass is 10.2. The van der Waals surface area contributed by atoms with E-state index in [1.807, 2.05) is 49.5 Å². The molecule has 124 valence electrons. The minimum absolute atomic E-state index is 0.412. The maximum absolute atomic E-state index is 5.88. The van der Waals surface area contributed by atoms with Crippen LogP contribution in [-0.2, 0) is 6.54 Å². The molecule has 0 saturated heterocycles. The predicted molar refractivity (Wildman–Crippen MR) is 89.7 cm³/mol. The molecule has 0 aliphatic heterocycles. The molecular weight excluding hydrogens is 294 g/mol. The highest BCUT2D eigenvalue weighted by Gasteiger charge is 2.10. The molecule has 5 heteroatoms. The fraction of sp³-hybridized carbons (Fsp3) is 0.333. The Bertz CT molecular complexity index is 616. The van der Waals surface area contributed by atoms with Gasteiger partial charge in [-0.2, -0.15) is 0 Å². The number of methoxy groups -OCH3 is 2. The highest BCUT2D eigenvalue weighted by Crippen LogP contribution is 2.31. The fourth-order valence-electron chi connectivity index (χ4n) is 2.25. The highest BCUT2D eigenvalue weighted by atomic mass is 16.5. The smallest absolute Gasteiger partial charge is 0.165 e. The Kier molecular flexibility index (Phi) is 6.56. The van der Waals surface area contributed by atoms with Crippen LogP contribution in [0.2, 0.25) is 0 Å². The first kappa shape index (κ1) is 17.0. The number of para-hydroxylation sites is 3. The molecule has 5 nitrogen and oxygen atoms in total. The maximum atomic E-state index is 5.88. The summed E-state index contributed by atoms with van der Waals surface area (Å²) < 4.78 is 22.2. The summed E-state index contributed by atoms with van der Waals surface area (Å²) in [6.07, 6.45) is 0. The maximum Gasteiger partial charge on any atom is 0.165 e. The minimum atomic E-state index is 0.412. The van der Waals surface area contributed by atoms with Crippen LogP contribution >= 0.6 is 0 Å². The summed E-state index contributed by atoms with van der Waals surface area (Å²) in [5.41, 5.74) is 1.05. The molecule has 2 aromatic rings. The zero-order valence-corrected chi connectivity index (χ0v) is 13.8. The van der Waals surface area contributed by atoms with Crippen molar-refractivity contribution in [2.24, 2.45) is 0 Å². The Labute approximate surface area is 137 Å². The average Bonchev–Trinajstić information content (AvgIpc) is 2.60. The van der Waals surface area contributed by atoms with E-state index in [2.05, 4.69) is 5.32 Å². The van der Waals surface area contributed by atoms with Crippen molar-refractivity contribution in [1.29, 1.82) is 0 Å². The first-order chi connectivity index (χ1) is 11.3. The topological polar surface area (TPSA) is 49.0 Å². The monoisotopic (exact) mass is 317 g/mol. The Morgan fingerprint density at radius 3 is 2.13 bits per heavy atom. The normalized spacial score (nSPS) is 10.2. The Morgan fingerprint density at radius 2 is 1.43 bits per heavy atom. The molecular formula is C18H23NO4. The van der Waals surface area contributed by atoms with E-state index in [0.717, 1.165) is 17.1 Å². The van der Waals surface area contributed by atoms with Crippen molar-refractivity contribution < 1.29 is 18.9 Å². The number of benzene rings is 2. The molecule has 0 unspecified atom stereocenters. The lowest BCUT2D eigenvalue weighted by molar-refractivity contribution is 0.204.